The highest BCUT2D eigenvalue weighted by Gasteiger charge is 2.34. The summed E-state index contributed by atoms with van der Waals surface area (Å²) in [5.74, 6) is 0. The maximum atomic E-state index is 12.1. The number of phosphoric acid groups is 1. The van der Waals surface area contributed by atoms with Crippen LogP contribution in [0.25, 0.3) is 0 Å². The Morgan fingerprint density at radius 1 is 1.11 bits per heavy atom. The van der Waals surface area contributed by atoms with Crippen LogP contribution in [0.3, 0.4) is 0 Å². The maximum Gasteiger partial charge on any atom is 0.489 e. The number of phosphoric ester groups is 1. The molecule has 0 aliphatic heterocycles. The average Bonchev–Trinajstić information content (AvgIpc) is 2.28. The van der Waals surface area contributed by atoms with Crippen molar-refractivity contribution in [3.63, 3.8) is 0 Å². The number of hydrogen-bond acceptors (Lipinski definition) is 6. The van der Waals surface area contributed by atoms with E-state index in [1.165, 1.54) is 6.07 Å². The lowest BCUT2D eigenvalue weighted by molar-refractivity contribution is 0.169. The molecule has 0 fully saturated rings. The summed E-state index contributed by atoms with van der Waals surface area (Å²) < 4.78 is 50.4. The normalized spacial score (nSPS) is 12.6. The zero-order chi connectivity index (χ0) is 14.5. The summed E-state index contributed by atoms with van der Waals surface area (Å²) in [6, 6.07) is 6.23. The Morgan fingerprint density at radius 3 is 2.11 bits per heavy atom. The second kappa shape index (κ2) is 6.63. The van der Waals surface area contributed by atoms with Gasteiger partial charge >= 0.3 is 17.9 Å². The molecule has 6 nitrogen and oxygen atoms in total. The number of rotatable bonds is 7. The van der Waals surface area contributed by atoms with E-state index in [9.17, 15) is 13.0 Å². The third-order valence-electron chi connectivity index (χ3n) is 2.13. The molecule has 0 aromatic heterocycles. The minimum atomic E-state index is -4.21. The quantitative estimate of drug-likeness (QED) is 0.721. The van der Waals surface area contributed by atoms with Crippen molar-refractivity contribution in [1.29, 1.82) is 0 Å². The number of aryl methyl sites for hydroxylation is 1. The largest absolute Gasteiger partial charge is 0.489 e. The van der Waals surface area contributed by atoms with E-state index in [0.29, 0.717) is 5.56 Å². The first-order valence-electron chi connectivity index (χ1n) is 5.75. The highest BCUT2D eigenvalue weighted by molar-refractivity contribution is 7.90. The zero-order valence-electron chi connectivity index (χ0n) is 11.0. The van der Waals surface area contributed by atoms with E-state index in [1.807, 2.05) is 0 Å². The predicted octanol–water partition coefficient (Wildman–Crippen LogP) is 2.88. The summed E-state index contributed by atoms with van der Waals surface area (Å²) in [5, 5.41) is 0. The van der Waals surface area contributed by atoms with Crippen LogP contribution < -0.4 is 0 Å². The Morgan fingerprint density at radius 2 is 1.63 bits per heavy atom. The van der Waals surface area contributed by atoms with Crippen molar-refractivity contribution in [1.82, 2.24) is 0 Å². The van der Waals surface area contributed by atoms with Crippen LogP contribution in [0.1, 0.15) is 19.4 Å². The van der Waals surface area contributed by atoms with E-state index in [2.05, 4.69) is 3.97 Å². The van der Waals surface area contributed by atoms with Gasteiger partial charge in [-0.05, 0) is 32.4 Å². The molecule has 0 saturated carbocycles. The van der Waals surface area contributed by atoms with Gasteiger partial charge in [0.1, 0.15) is 0 Å². The Kier molecular flexibility index (Phi) is 5.70. The van der Waals surface area contributed by atoms with Gasteiger partial charge in [0, 0.05) is 0 Å². The minimum Gasteiger partial charge on any atom is -0.286 e. The van der Waals surface area contributed by atoms with Crippen molar-refractivity contribution in [2.45, 2.75) is 25.7 Å². The van der Waals surface area contributed by atoms with Gasteiger partial charge < -0.3 is 0 Å². The molecule has 0 N–H and O–H groups in total. The van der Waals surface area contributed by atoms with E-state index in [0.717, 1.165) is 0 Å². The van der Waals surface area contributed by atoms with Crippen LogP contribution in [0.15, 0.2) is 29.2 Å². The van der Waals surface area contributed by atoms with Crippen molar-refractivity contribution in [2.24, 2.45) is 0 Å². The highest BCUT2D eigenvalue weighted by Crippen LogP contribution is 2.51. The summed E-state index contributed by atoms with van der Waals surface area (Å²) in [6.45, 7) is 4.77. The summed E-state index contributed by atoms with van der Waals surface area (Å²) in [5.41, 5.74) is 0.488. The van der Waals surface area contributed by atoms with Crippen LogP contribution in [0.5, 0.6) is 0 Å². The smallest absolute Gasteiger partial charge is 0.286 e. The molecule has 0 unspecified atom stereocenters. The molecule has 0 aliphatic carbocycles. The second-order valence-corrected chi connectivity index (χ2v) is 6.93. The molecule has 1 aromatic rings. The van der Waals surface area contributed by atoms with Crippen molar-refractivity contribution in [3.8, 4) is 0 Å². The summed E-state index contributed by atoms with van der Waals surface area (Å²) >= 11 is 0. The fourth-order valence-electron chi connectivity index (χ4n) is 1.39. The van der Waals surface area contributed by atoms with Crippen LogP contribution in [0.4, 0.5) is 0 Å². The van der Waals surface area contributed by atoms with Gasteiger partial charge in [-0.2, -0.15) is 12.4 Å². The molecule has 0 saturated heterocycles. The van der Waals surface area contributed by atoms with Crippen LogP contribution in [0.2, 0.25) is 0 Å². The van der Waals surface area contributed by atoms with Gasteiger partial charge in [0.2, 0.25) is 0 Å². The molecule has 0 spiro atoms. The van der Waals surface area contributed by atoms with Crippen molar-refractivity contribution < 1.29 is 26.0 Å². The molecule has 0 atom stereocenters. The molecule has 0 aliphatic rings. The molecule has 8 heteroatoms. The van der Waals surface area contributed by atoms with Crippen LogP contribution in [0, 0.1) is 6.92 Å². The van der Waals surface area contributed by atoms with E-state index in [-0.39, 0.29) is 18.1 Å². The third kappa shape index (κ3) is 4.40. The molecular weight excluding hydrogens is 291 g/mol. The Bertz CT molecular complexity index is 558. The molecule has 1 rings (SSSR count). The summed E-state index contributed by atoms with van der Waals surface area (Å²) in [6.07, 6.45) is 0. The standard InChI is InChI=1S/C11H17O6PS/c1-4-15-18(12,16-5-2)17-19(13,14)11-9-7-6-8-10(11)3/h6-9H,4-5H2,1-3H3. The van der Waals surface area contributed by atoms with E-state index < -0.39 is 17.9 Å². The third-order valence-corrected chi connectivity index (χ3v) is 5.79. The van der Waals surface area contributed by atoms with Crippen molar-refractivity contribution >= 4 is 17.9 Å². The average molecular weight is 308 g/mol. The Balaban J connectivity index is 3.08. The number of hydrogen-bond donors (Lipinski definition) is 0. The second-order valence-electron chi connectivity index (χ2n) is 3.58. The van der Waals surface area contributed by atoms with Gasteiger partial charge in [-0.1, -0.05) is 18.2 Å². The zero-order valence-corrected chi connectivity index (χ0v) is 12.7. The molecule has 108 valence electrons. The van der Waals surface area contributed by atoms with Gasteiger partial charge in [0.25, 0.3) is 0 Å². The molecule has 0 radical (unpaired) electrons. The number of benzene rings is 1. The van der Waals surface area contributed by atoms with Crippen molar-refractivity contribution in [2.75, 3.05) is 13.2 Å². The molecule has 0 amide bonds. The molecule has 19 heavy (non-hydrogen) atoms. The lowest BCUT2D eigenvalue weighted by atomic mass is 10.2. The van der Waals surface area contributed by atoms with Gasteiger partial charge in [-0.15, -0.1) is 0 Å². The summed E-state index contributed by atoms with van der Waals surface area (Å²) in [7, 11) is -8.32. The predicted molar refractivity (Wildman–Crippen MR) is 70.3 cm³/mol. The first-order valence-corrected chi connectivity index (χ1v) is 8.62. The van der Waals surface area contributed by atoms with Crippen LogP contribution in [-0.4, -0.2) is 21.6 Å². The van der Waals surface area contributed by atoms with Gasteiger partial charge in [-0.3, -0.25) is 9.05 Å². The maximum absolute atomic E-state index is 12.1. The first kappa shape index (κ1) is 16.3. The molecule has 1 aromatic carbocycles. The van der Waals surface area contributed by atoms with E-state index in [4.69, 9.17) is 9.05 Å². The lowest BCUT2D eigenvalue weighted by Crippen LogP contribution is -2.09. The first-order chi connectivity index (χ1) is 8.84. The van der Waals surface area contributed by atoms with Gasteiger partial charge in [-0.25, -0.2) is 4.57 Å². The Labute approximate surface area is 113 Å². The molecule has 0 bridgehead atoms. The molecule has 0 heterocycles. The minimum absolute atomic E-state index is 0.0145. The monoisotopic (exact) mass is 308 g/mol. The molecular formula is C11H17O6PS. The van der Waals surface area contributed by atoms with Crippen LogP contribution >= 0.6 is 7.82 Å². The van der Waals surface area contributed by atoms with Crippen molar-refractivity contribution in [3.05, 3.63) is 29.8 Å². The fourth-order valence-corrected chi connectivity index (χ4v) is 4.44. The topological polar surface area (TPSA) is 78.9 Å². The Hall–Kier alpha value is -0.720. The highest BCUT2D eigenvalue weighted by atomic mass is 32.2. The van der Waals surface area contributed by atoms with E-state index >= 15 is 0 Å². The van der Waals surface area contributed by atoms with E-state index in [1.54, 1.807) is 39.0 Å². The van der Waals surface area contributed by atoms with Gasteiger partial charge in [0.05, 0.1) is 18.1 Å². The SMILES string of the molecule is CCOP(=O)(OCC)OS(=O)(=O)c1ccccc1C. The lowest BCUT2D eigenvalue weighted by Gasteiger charge is -2.16. The van der Waals surface area contributed by atoms with Crippen LogP contribution in [-0.2, 0) is 27.7 Å². The fraction of sp³-hybridized carbons (Fsp3) is 0.455. The van der Waals surface area contributed by atoms with Gasteiger partial charge in [0.15, 0.2) is 0 Å². The summed E-state index contributed by atoms with van der Waals surface area (Å²) in [4.78, 5) is -0.0605.